The monoisotopic (exact) mass is 535 g/mol. The number of amides is 3. The number of rotatable bonds is 9. The molecule has 4 rings (SSSR count). The largest absolute Gasteiger partial charge is 0.381 e. The van der Waals surface area contributed by atoms with E-state index in [9.17, 15) is 19.5 Å². The topological polar surface area (TPSA) is 98.7 Å². The van der Waals surface area contributed by atoms with Gasteiger partial charge in [-0.2, -0.15) is 0 Å². The predicted molar refractivity (Wildman–Crippen MR) is 150 cm³/mol. The average Bonchev–Trinajstić information content (AvgIpc) is 3.55. The Bertz CT molecular complexity index is 1200. The molecule has 3 N–H and O–H groups in total. The standard InChI is InChI=1S/C30H37N3O4S/c1-20-11-7-8-16-23(20)18-31-28(36)26-30(2,3)38-19-33(26)29(37)25(34)24(17-21-12-5-4-6-13-21)32-27(35)22-14-9-10-15-22/h4-8,11-14,16,24-26,34H,9-10,15,17-19H2,1-3H3,(H,31,36)(H,32,35). The van der Waals surface area contributed by atoms with E-state index in [0.717, 1.165) is 29.5 Å². The lowest BCUT2D eigenvalue weighted by Crippen LogP contribution is -2.58. The first-order valence-corrected chi connectivity index (χ1v) is 14.1. The van der Waals surface area contributed by atoms with Crippen molar-refractivity contribution in [2.24, 2.45) is 0 Å². The Hall–Kier alpha value is -3.10. The quantitative estimate of drug-likeness (QED) is 0.457. The number of aliphatic hydroxyl groups is 1. The number of hydrogen-bond acceptors (Lipinski definition) is 5. The number of nitrogens with one attached hydrogen (secondary N) is 2. The van der Waals surface area contributed by atoms with Crippen LogP contribution in [-0.4, -0.2) is 56.5 Å². The van der Waals surface area contributed by atoms with Crippen molar-refractivity contribution in [3.8, 4) is 0 Å². The van der Waals surface area contributed by atoms with Gasteiger partial charge in [0.2, 0.25) is 11.8 Å². The van der Waals surface area contributed by atoms with Crippen molar-refractivity contribution >= 4 is 29.5 Å². The second-order valence-corrected chi connectivity index (χ2v) is 12.2. The molecule has 3 unspecified atom stereocenters. The first kappa shape index (κ1) is 27.9. The van der Waals surface area contributed by atoms with Gasteiger partial charge >= 0.3 is 0 Å². The molecule has 1 aliphatic heterocycles. The summed E-state index contributed by atoms with van der Waals surface area (Å²) in [6.07, 6.45) is 3.18. The van der Waals surface area contributed by atoms with Crippen LogP contribution in [0.25, 0.3) is 0 Å². The van der Waals surface area contributed by atoms with Gasteiger partial charge < -0.3 is 20.6 Å². The zero-order chi connectivity index (χ0) is 27.3. The van der Waals surface area contributed by atoms with Crippen LogP contribution in [-0.2, 0) is 27.3 Å². The number of nitrogens with zero attached hydrogens (tertiary/aromatic N) is 1. The fourth-order valence-corrected chi connectivity index (χ4v) is 6.23. The Kier molecular flexibility index (Phi) is 8.95. The van der Waals surface area contributed by atoms with Crippen LogP contribution >= 0.6 is 11.8 Å². The third kappa shape index (κ3) is 6.48. The SMILES string of the molecule is Cc1ccccc1CNC(=O)C1N(C(=O)C(O)C(Cc2ccccc2)NC(=O)C2=CCCC2)CSC1(C)C. The van der Waals surface area contributed by atoms with Crippen molar-refractivity contribution in [2.45, 2.75) is 75.9 Å². The summed E-state index contributed by atoms with van der Waals surface area (Å²) in [5, 5.41) is 17.3. The van der Waals surface area contributed by atoms with E-state index in [0.29, 0.717) is 25.0 Å². The first-order valence-electron chi connectivity index (χ1n) is 13.2. The first-order chi connectivity index (χ1) is 18.2. The maximum absolute atomic E-state index is 13.7. The molecule has 2 aliphatic rings. The second-order valence-electron chi connectivity index (χ2n) is 10.6. The van der Waals surface area contributed by atoms with Gasteiger partial charge in [-0.05, 0) is 63.1 Å². The van der Waals surface area contributed by atoms with E-state index < -0.39 is 28.8 Å². The van der Waals surface area contributed by atoms with Crippen molar-refractivity contribution in [2.75, 3.05) is 5.88 Å². The van der Waals surface area contributed by atoms with E-state index in [-0.39, 0.29) is 17.7 Å². The molecule has 202 valence electrons. The lowest BCUT2D eigenvalue weighted by molar-refractivity contribution is -0.147. The lowest BCUT2D eigenvalue weighted by Gasteiger charge is -2.33. The van der Waals surface area contributed by atoms with Gasteiger partial charge in [0, 0.05) is 16.9 Å². The number of carbonyl (C=O) groups excluding carboxylic acids is 3. The number of aliphatic hydroxyl groups excluding tert-OH is 1. The Morgan fingerprint density at radius 3 is 2.50 bits per heavy atom. The average molecular weight is 536 g/mol. The molecule has 7 nitrogen and oxygen atoms in total. The van der Waals surface area contributed by atoms with Crippen LogP contribution in [0.5, 0.6) is 0 Å². The molecule has 2 aromatic carbocycles. The zero-order valence-corrected chi connectivity index (χ0v) is 23.1. The molecule has 0 spiro atoms. The number of carbonyl (C=O) groups is 3. The van der Waals surface area contributed by atoms with Gasteiger partial charge in [0.1, 0.15) is 6.04 Å². The molecule has 0 saturated carbocycles. The summed E-state index contributed by atoms with van der Waals surface area (Å²) in [4.78, 5) is 41.5. The molecule has 1 aliphatic carbocycles. The highest BCUT2D eigenvalue weighted by molar-refractivity contribution is 8.00. The van der Waals surface area contributed by atoms with Crippen molar-refractivity contribution in [1.82, 2.24) is 15.5 Å². The highest BCUT2D eigenvalue weighted by atomic mass is 32.2. The molecule has 0 radical (unpaired) electrons. The molecule has 8 heteroatoms. The van der Waals surface area contributed by atoms with Gasteiger partial charge in [-0.1, -0.05) is 60.7 Å². The zero-order valence-electron chi connectivity index (χ0n) is 22.3. The summed E-state index contributed by atoms with van der Waals surface area (Å²) in [7, 11) is 0. The van der Waals surface area contributed by atoms with Crippen LogP contribution in [0, 0.1) is 6.92 Å². The summed E-state index contributed by atoms with van der Waals surface area (Å²) >= 11 is 1.50. The van der Waals surface area contributed by atoms with Crippen LogP contribution in [0.15, 0.2) is 66.2 Å². The maximum Gasteiger partial charge on any atom is 0.254 e. The van der Waals surface area contributed by atoms with E-state index in [2.05, 4.69) is 10.6 Å². The lowest BCUT2D eigenvalue weighted by atomic mass is 9.96. The summed E-state index contributed by atoms with van der Waals surface area (Å²) in [6.45, 7) is 6.22. The van der Waals surface area contributed by atoms with E-state index in [4.69, 9.17) is 0 Å². The Morgan fingerprint density at radius 2 is 1.82 bits per heavy atom. The molecular formula is C30H37N3O4S. The summed E-state index contributed by atoms with van der Waals surface area (Å²) in [6, 6.07) is 15.7. The van der Waals surface area contributed by atoms with Crippen LogP contribution in [0.3, 0.4) is 0 Å². The molecule has 1 heterocycles. The van der Waals surface area contributed by atoms with Crippen LogP contribution in [0.2, 0.25) is 0 Å². The Morgan fingerprint density at radius 1 is 1.11 bits per heavy atom. The number of thioether (sulfide) groups is 1. The third-order valence-electron chi connectivity index (χ3n) is 7.37. The van der Waals surface area contributed by atoms with Gasteiger partial charge in [-0.25, -0.2) is 0 Å². The van der Waals surface area contributed by atoms with Gasteiger partial charge in [0.25, 0.3) is 5.91 Å². The predicted octanol–water partition coefficient (Wildman–Crippen LogP) is 3.49. The molecule has 3 amide bonds. The van der Waals surface area contributed by atoms with Crippen molar-refractivity contribution < 1.29 is 19.5 Å². The van der Waals surface area contributed by atoms with E-state index >= 15 is 0 Å². The normalized spacial score (nSPS) is 19.9. The number of hydrogen-bond donors (Lipinski definition) is 3. The molecule has 38 heavy (non-hydrogen) atoms. The molecular weight excluding hydrogens is 498 g/mol. The Labute approximate surface area is 229 Å². The van der Waals surface area contributed by atoms with Gasteiger partial charge in [-0.3, -0.25) is 14.4 Å². The fourth-order valence-electron chi connectivity index (χ4n) is 5.09. The molecule has 2 aromatic rings. The minimum absolute atomic E-state index is 0.251. The third-order valence-corrected chi connectivity index (χ3v) is 8.75. The fraction of sp³-hybridized carbons (Fsp3) is 0.433. The van der Waals surface area contributed by atoms with E-state index in [1.807, 2.05) is 81.4 Å². The van der Waals surface area contributed by atoms with Crippen molar-refractivity contribution in [3.63, 3.8) is 0 Å². The molecule has 1 saturated heterocycles. The molecule has 0 bridgehead atoms. The van der Waals surface area contributed by atoms with Gasteiger partial charge in [0.05, 0.1) is 11.9 Å². The maximum atomic E-state index is 13.7. The number of allylic oxidation sites excluding steroid dienone is 1. The number of benzene rings is 2. The smallest absolute Gasteiger partial charge is 0.254 e. The highest BCUT2D eigenvalue weighted by Gasteiger charge is 2.49. The van der Waals surface area contributed by atoms with Crippen molar-refractivity contribution in [3.05, 3.63) is 82.9 Å². The van der Waals surface area contributed by atoms with Crippen LogP contribution in [0.1, 0.15) is 49.8 Å². The molecule has 0 aromatic heterocycles. The van der Waals surface area contributed by atoms with Gasteiger partial charge in [0.15, 0.2) is 6.10 Å². The molecule has 1 fully saturated rings. The van der Waals surface area contributed by atoms with E-state index in [1.165, 1.54) is 16.7 Å². The van der Waals surface area contributed by atoms with Crippen molar-refractivity contribution in [1.29, 1.82) is 0 Å². The summed E-state index contributed by atoms with van der Waals surface area (Å²) in [5.74, 6) is -0.786. The minimum Gasteiger partial charge on any atom is -0.381 e. The summed E-state index contributed by atoms with van der Waals surface area (Å²) < 4.78 is -0.544. The van der Waals surface area contributed by atoms with Crippen LogP contribution in [0.4, 0.5) is 0 Å². The second kappa shape index (κ2) is 12.2. The van der Waals surface area contributed by atoms with Crippen LogP contribution < -0.4 is 10.6 Å². The minimum atomic E-state index is -1.50. The highest BCUT2D eigenvalue weighted by Crippen LogP contribution is 2.40. The van der Waals surface area contributed by atoms with Gasteiger partial charge in [-0.15, -0.1) is 11.8 Å². The van der Waals surface area contributed by atoms with E-state index in [1.54, 1.807) is 0 Å². The molecule has 3 atom stereocenters. The Balaban J connectivity index is 1.51. The number of aryl methyl sites for hydroxylation is 1. The summed E-state index contributed by atoms with van der Waals surface area (Å²) in [5.41, 5.74) is 3.67.